The summed E-state index contributed by atoms with van der Waals surface area (Å²) in [7, 11) is 3.40. The Labute approximate surface area is 127 Å². The van der Waals surface area contributed by atoms with E-state index < -0.39 is 0 Å². The highest BCUT2D eigenvalue weighted by molar-refractivity contribution is 5.40. The number of methoxy groups -OCH3 is 2. The van der Waals surface area contributed by atoms with Crippen molar-refractivity contribution in [3.63, 3.8) is 0 Å². The molecule has 0 aliphatic heterocycles. The Morgan fingerprint density at radius 3 is 2.71 bits per heavy atom. The van der Waals surface area contributed by atoms with E-state index >= 15 is 0 Å². The fourth-order valence-electron chi connectivity index (χ4n) is 2.74. The SMILES string of the molecule is COCCNCc1cc(OC)ccc1OCC1CCCC1. The van der Waals surface area contributed by atoms with Crippen molar-refractivity contribution in [1.82, 2.24) is 5.32 Å². The van der Waals surface area contributed by atoms with Crippen LogP contribution in [0.1, 0.15) is 31.2 Å². The molecule has 2 rings (SSSR count). The van der Waals surface area contributed by atoms with E-state index in [1.165, 1.54) is 25.7 Å². The molecule has 0 heterocycles. The van der Waals surface area contributed by atoms with Crippen molar-refractivity contribution in [2.75, 3.05) is 34.0 Å². The standard InChI is InChI=1S/C17H27NO3/c1-19-10-9-18-12-15-11-16(20-2)7-8-17(15)21-13-14-5-3-4-6-14/h7-8,11,14,18H,3-6,9-10,12-13H2,1-2H3. The predicted octanol–water partition coefficient (Wildman–Crippen LogP) is 3.00. The van der Waals surface area contributed by atoms with Gasteiger partial charge < -0.3 is 19.5 Å². The quantitative estimate of drug-likeness (QED) is 0.711. The van der Waals surface area contributed by atoms with E-state index in [1.54, 1.807) is 14.2 Å². The summed E-state index contributed by atoms with van der Waals surface area (Å²) in [5.41, 5.74) is 1.14. The van der Waals surface area contributed by atoms with Gasteiger partial charge in [0, 0.05) is 25.8 Å². The molecule has 0 aromatic heterocycles. The van der Waals surface area contributed by atoms with E-state index in [0.717, 1.165) is 42.7 Å². The Morgan fingerprint density at radius 1 is 1.19 bits per heavy atom. The van der Waals surface area contributed by atoms with Crippen molar-refractivity contribution < 1.29 is 14.2 Å². The van der Waals surface area contributed by atoms with Gasteiger partial charge in [0.2, 0.25) is 0 Å². The molecule has 1 N–H and O–H groups in total. The Hall–Kier alpha value is -1.26. The van der Waals surface area contributed by atoms with Crippen LogP contribution in [0.5, 0.6) is 11.5 Å². The summed E-state index contributed by atoms with van der Waals surface area (Å²) in [6, 6.07) is 6.02. The number of hydrogen-bond donors (Lipinski definition) is 1. The van der Waals surface area contributed by atoms with Gasteiger partial charge in [0.1, 0.15) is 11.5 Å². The lowest BCUT2D eigenvalue weighted by molar-refractivity contribution is 0.198. The maximum atomic E-state index is 6.05. The van der Waals surface area contributed by atoms with Gasteiger partial charge in [-0.25, -0.2) is 0 Å². The second kappa shape index (κ2) is 8.90. The van der Waals surface area contributed by atoms with E-state index in [1.807, 2.05) is 18.2 Å². The largest absolute Gasteiger partial charge is 0.497 e. The molecule has 4 heteroatoms. The molecule has 0 spiro atoms. The van der Waals surface area contributed by atoms with E-state index in [9.17, 15) is 0 Å². The maximum absolute atomic E-state index is 6.05. The molecule has 1 fully saturated rings. The third kappa shape index (κ3) is 5.21. The maximum Gasteiger partial charge on any atom is 0.124 e. The zero-order valence-electron chi connectivity index (χ0n) is 13.2. The molecule has 0 amide bonds. The lowest BCUT2D eigenvalue weighted by Gasteiger charge is -2.16. The summed E-state index contributed by atoms with van der Waals surface area (Å²) in [5, 5.41) is 3.36. The Morgan fingerprint density at radius 2 is 2.00 bits per heavy atom. The first-order valence-electron chi connectivity index (χ1n) is 7.83. The summed E-state index contributed by atoms with van der Waals surface area (Å²) < 4.78 is 16.4. The minimum absolute atomic E-state index is 0.711. The Balaban J connectivity index is 1.92. The van der Waals surface area contributed by atoms with Crippen molar-refractivity contribution in [2.45, 2.75) is 32.2 Å². The molecule has 1 aromatic rings. The van der Waals surface area contributed by atoms with Crippen LogP contribution in [0.3, 0.4) is 0 Å². The predicted molar refractivity (Wildman–Crippen MR) is 84.0 cm³/mol. The molecule has 0 radical (unpaired) electrons. The van der Waals surface area contributed by atoms with Crippen LogP contribution in [0.4, 0.5) is 0 Å². The first kappa shape index (κ1) is 16.1. The molecule has 0 atom stereocenters. The molecular formula is C17H27NO3. The fraction of sp³-hybridized carbons (Fsp3) is 0.647. The van der Waals surface area contributed by atoms with Gasteiger partial charge >= 0.3 is 0 Å². The van der Waals surface area contributed by atoms with Crippen LogP contribution in [0, 0.1) is 5.92 Å². The van der Waals surface area contributed by atoms with E-state index in [2.05, 4.69) is 5.32 Å². The molecule has 4 nitrogen and oxygen atoms in total. The zero-order chi connectivity index (χ0) is 14.9. The van der Waals surface area contributed by atoms with Crippen LogP contribution in [-0.4, -0.2) is 34.0 Å². The molecule has 1 aliphatic rings. The lowest BCUT2D eigenvalue weighted by atomic mass is 10.1. The Bertz CT molecular complexity index is 416. The molecule has 0 unspecified atom stereocenters. The van der Waals surface area contributed by atoms with E-state index in [-0.39, 0.29) is 0 Å². The average Bonchev–Trinajstić information content (AvgIpc) is 3.03. The molecule has 21 heavy (non-hydrogen) atoms. The summed E-state index contributed by atoms with van der Waals surface area (Å²) in [5.74, 6) is 2.56. The topological polar surface area (TPSA) is 39.7 Å². The van der Waals surface area contributed by atoms with Crippen LogP contribution >= 0.6 is 0 Å². The minimum atomic E-state index is 0.711. The van der Waals surface area contributed by atoms with Crippen LogP contribution < -0.4 is 14.8 Å². The molecule has 0 bridgehead atoms. The first-order valence-corrected chi connectivity index (χ1v) is 7.83. The van der Waals surface area contributed by atoms with Crippen molar-refractivity contribution >= 4 is 0 Å². The normalized spacial score (nSPS) is 15.3. The number of rotatable bonds is 9. The number of nitrogens with one attached hydrogen (secondary N) is 1. The van der Waals surface area contributed by atoms with Gasteiger partial charge in [-0.1, -0.05) is 12.8 Å². The summed E-state index contributed by atoms with van der Waals surface area (Å²) in [4.78, 5) is 0. The molecule has 0 saturated heterocycles. The summed E-state index contributed by atoms with van der Waals surface area (Å²) in [6.45, 7) is 3.13. The molecule has 1 aliphatic carbocycles. The highest BCUT2D eigenvalue weighted by Gasteiger charge is 2.16. The van der Waals surface area contributed by atoms with Gasteiger partial charge in [-0.05, 0) is 37.0 Å². The van der Waals surface area contributed by atoms with Crippen LogP contribution in [0.25, 0.3) is 0 Å². The van der Waals surface area contributed by atoms with Crippen LogP contribution in [-0.2, 0) is 11.3 Å². The van der Waals surface area contributed by atoms with Crippen molar-refractivity contribution in [3.8, 4) is 11.5 Å². The Kier molecular flexibility index (Phi) is 6.83. The lowest BCUT2D eigenvalue weighted by Crippen LogP contribution is -2.19. The van der Waals surface area contributed by atoms with Gasteiger partial charge in [0.25, 0.3) is 0 Å². The monoisotopic (exact) mass is 293 g/mol. The fourth-order valence-corrected chi connectivity index (χ4v) is 2.74. The third-order valence-electron chi connectivity index (χ3n) is 4.02. The van der Waals surface area contributed by atoms with Crippen LogP contribution in [0.2, 0.25) is 0 Å². The van der Waals surface area contributed by atoms with E-state index in [4.69, 9.17) is 14.2 Å². The van der Waals surface area contributed by atoms with Crippen molar-refractivity contribution in [3.05, 3.63) is 23.8 Å². The number of hydrogen-bond acceptors (Lipinski definition) is 4. The zero-order valence-corrected chi connectivity index (χ0v) is 13.2. The highest BCUT2D eigenvalue weighted by atomic mass is 16.5. The summed E-state index contributed by atoms with van der Waals surface area (Å²) in [6.07, 6.45) is 5.30. The number of ether oxygens (including phenoxy) is 3. The second-order valence-corrected chi connectivity index (χ2v) is 5.60. The average molecular weight is 293 g/mol. The molecular weight excluding hydrogens is 266 g/mol. The molecule has 118 valence electrons. The van der Waals surface area contributed by atoms with Crippen LogP contribution in [0.15, 0.2) is 18.2 Å². The first-order chi connectivity index (χ1) is 10.3. The summed E-state index contributed by atoms with van der Waals surface area (Å²) >= 11 is 0. The molecule has 1 aromatic carbocycles. The molecule has 1 saturated carbocycles. The minimum Gasteiger partial charge on any atom is -0.497 e. The van der Waals surface area contributed by atoms with Crippen molar-refractivity contribution in [2.24, 2.45) is 5.92 Å². The number of benzene rings is 1. The van der Waals surface area contributed by atoms with Crippen molar-refractivity contribution in [1.29, 1.82) is 0 Å². The van der Waals surface area contributed by atoms with Gasteiger partial charge in [-0.3, -0.25) is 0 Å². The third-order valence-corrected chi connectivity index (χ3v) is 4.02. The van der Waals surface area contributed by atoms with Gasteiger partial charge in [0.15, 0.2) is 0 Å². The van der Waals surface area contributed by atoms with Gasteiger partial charge in [0.05, 0.1) is 20.3 Å². The van der Waals surface area contributed by atoms with Gasteiger partial charge in [-0.2, -0.15) is 0 Å². The second-order valence-electron chi connectivity index (χ2n) is 5.60. The van der Waals surface area contributed by atoms with E-state index in [0.29, 0.717) is 6.61 Å². The highest BCUT2D eigenvalue weighted by Crippen LogP contribution is 2.28. The smallest absolute Gasteiger partial charge is 0.124 e. The van der Waals surface area contributed by atoms with Gasteiger partial charge in [-0.15, -0.1) is 0 Å².